The number of nitrogens with zero attached hydrogens (tertiary/aromatic N) is 3. The monoisotopic (exact) mass is 461 g/mol. The van der Waals surface area contributed by atoms with Crippen molar-refractivity contribution in [2.45, 2.75) is 12.1 Å². The summed E-state index contributed by atoms with van der Waals surface area (Å²) in [5.74, 6) is 3.48. The third kappa shape index (κ3) is 5.08. The topological polar surface area (TPSA) is 67.6 Å². The summed E-state index contributed by atoms with van der Waals surface area (Å²) in [6.45, 7) is 6.30. The average molecular weight is 462 g/mol. The van der Waals surface area contributed by atoms with Crippen LogP contribution >= 0.6 is 23.4 Å². The van der Waals surface area contributed by atoms with E-state index in [9.17, 15) is 0 Å². The highest BCUT2D eigenvalue weighted by Crippen LogP contribution is 2.41. The number of hydrogen-bond donors (Lipinski definition) is 0. The van der Waals surface area contributed by atoms with E-state index < -0.39 is 0 Å². The molecule has 0 spiro atoms. The molecule has 31 heavy (non-hydrogen) atoms. The SMILES string of the molecule is C=C(Cl)CSc1nnc(-c2cc(OC)c(OC)c(OC)c2)n1-c1ccc(OCC)cc1. The first-order chi connectivity index (χ1) is 15.0. The van der Waals surface area contributed by atoms with Crippen LogP contribution in [0.2, 0.25) is 0 Å². The number of benzene rings is 2. The van der Waals surface area contributed by atoms with Crippen molar-refractivity contribution in [3.63, 3.8) is 0 Å². The fraction of sp³-hybridized carbons (Fsp3) is 0.273. The molecule has 3 rings (SSSR count). The van der Waals surface area contributed by atoms with Crippen LogP contribution in [0.25, 0.3) is 17.1 Å². The van der Waals surface area contributed by atoms with Crippen LogP contribution in [0.1, 0.15) is 6.92 Å². The zero-order chi connectivity index (χ0) is 22.4. The van der Waals surface area contributed by atoms with Crippen molar-refractivity contribution in [3.8, 4) is 40.1 Å². The van der Waals surface area contributed by atoms with E-state index in [2.05, 4.69) is 16.8 Å². The van der Waals surface area contributed by atoms with E-state index in [0.29, 0.717) is 45.6 Å². The van der Waals surface area contributed by atoms with Gasteiger partial charge in [0.25, 0.3) is 0 Å². The lowest BCUT2D eigenvalue weighted by Gasteiger charge is -2.15. The van der Waals surface area contributed by atoms with Gasteiger partial charge in [0.2, 0.25) is 5.75 Å². The largest absolute Gasteiger partial charge is 0.494 e. The van der Waals surface area contributed by atoms with Gasteiger partial charge in [-0.1, -0.05) is 29.9 Å². The lowest BCUT2D eigenvalue weighted by Crippen LogP contribution is -2.02. The van der Waals surface area contributed by atoms with Crippen LogP contribution in [0.4, 0.5) is 0 Å². The first-order valence-electron chi connectivity index (χ1n) is 9.47. The molecule has 1 aromatic heterocycles. The quantitative estimate of drug-likeness (QED) is 0.384. The van der Waals surface area contributed by atoms with Crippen LogP contribution in [0.15, 0.2) is 53.2 Å². The molecule has 0 amide bonds. The molecule has 9 heteroatoms. The fourth-order valence-electron chi connectivity index (χ4n) is 2.99. The first-order valence-corrected chi connectivity index (χ1v) is 10.8. The summed E-state index contributed by atoms with van der Waals surface area (Å²) in [4.78, 5) is 0. The molecule has 0 aliphatic heterocycles. The van der Waals surface area contributed by atoms with Crippen LogP contribution in [0.5, 0.6) is 23.0 Å². The zero-order valence-corrected chi connectivity index (χ0v) is 19.4. The van der Waals surface area contributed by atoms with Crippen LogP contribution in [0.3, 0.4) is 0 Å². The van der Waals surface area contributed by atoms with Crippen LogP contribution in [-0.4, -0.2) is 48.5 Å². The first kappa shape index (κ1) is 22.8. The molecule has 2 aromatic carbocycles. The normalized spacial score (nSPS) is 10.6. The lowest BCUT2D eigenvalue weighted by atomic mass is 10.1. The number of halogens is 1. The summed E-state index contributed by atoms with van der Waals surface area (Å²) in [5.41, 5.74) is 1.63. The second-order valence-electron chi connectivity index (χ2n) is 6.29. The van der Waals surface area contributed by atoms with E-state index in [1.807, 2.05) is 47.9 Å². The maximum Gasteiger partial charge on any atom is 0.203 e. The molecule has 0 bridgehead atoms. The molecule has 0 aliphatic carbocycles. The van der Waals surface area contributed by atoms with Gasteiger partial charge in [0.15, 0.2) is 22.5 Å². The van der Waals surface area contributed by atoms with E-state index in [4.69, 9.17) is 30.5 Å². The maximum absolute atomic E-state index is 5.98. The molecule has 0 radical (unpaired) electrons. The molecule has 0 saturated carbocycles. The number of thioether (sulfide) groups is 1. The van der Waals surface area contributed by atoms with Crippen molar-refractivity contribution in [2.24, 2.45) is 0 Å². The summed E-state index contributed by atoms with van der Waals surface area (Å²) < 4.78 is 24.0. The minimum absolute atomic E-state index is 0.506. The summed E-state index contributed by atoms with van der Waals surface area (Å²) in [6.07, 6.45) is 0. The van der Waals surface area contributed by atoms with Crippen molar-refractivity contribution in [3.05, 3.63) is 48.0 Å². The number of ether oxygens (including phenoxy) is 4. The van der Waals surface area contributed by atoms with Gasteiger partial charge in [-0.3, -0.25) is 4.57 Å². The molecule has 0 N–H and O–H groups in total. The Labute approximate surface area is 190 Å². The second kappa shape index (κ2) is 10.5. The number of aromatic nitrogens is 3. The summed E-state index contributed by atoms with van der Waals surface area (Å²) >= 11 is 7.43. The van der Waals surface area contributed by atoms with Crippen LogP contribution < -0.4 is 18.9 Å². The smallest absolute Gasteiger partial charge is 0.203 e. The Balaban J connectivity index is 2.15. The molecule has 7 nitrogen and oxygen atoms in total. The van der Waals surface area contributed by atoms with Crippen LogP contribution in [0, 0.1) is 0 Å². The van der Waals surface area contributed by atoms with E-state index in [1.165, 1.54) is 11.8 Å². The highest BCUT2D eigenvalue weighted by molar-refractivity contribution is 7.99. The van der Waals surface area contributed by atoms with E-state index >= 15 is 0 Å². The van der Waals surface area contributed by atoms with E-state index in [1.54, 1.807) is 21.3 Å². The van der Waals surface area contributed by atoms with Gasteiger partial charge in [-0.2, -0.15) is 0 Å². The van der Waals surface area contributed by atoms with Crippen LogP contribution in [-0.2, 0) is 0 Å². The van der Waals surface area contributed by atoms with E-state index in [0.717, 1.165) is 17.0 Å². The Morgan fingerprint density at radius 2 is 1.68 bits per heavy atom. The van der Waals surface area contributed by atoms with E-state index in [-0.39, 0.29) is 0 Å². The number of rotatable bonds is 10. The van der Waals surface area contributed by atoms with Crippen molar-refractivity contribution in [2.75, 3.05) is 33.7 Å². The lowest BCUT2D eigenvalue weighted by molar-refractivity contribution is 0.324. The number of methoxy groups -OCH3 is 3. The van der Waals surface area contributed by atoms with Gasteiger partial charge in [-0.15, -0.1) is 10.2 Å². The summed E-state index contributed by atoms with van der Waals surface area (Å²) in [7, 11) is 4.72. The Morgan fingerprint density at radius 3 is 2.19 bits per heavy atom. The molecule has 3 aromatic rings. The van der Waals surface area contributed by atoms with Crippen molar-refractivity contribution >= 4 is 23.4 Å². The molecule has 0 atom stereocenters. The predicted octanol–water partition coefficient (Wildman–Crippen LogP) is 5.20. The van der Waals surface area contributed by atoms with Gasteiger partial charge in [0.05, 0.1) is 27.9 Å². The molecule has 0 aliphatic rings. The summed E-state index contributed by atoms with van der Waals surface area (Å²) in [5, 5.41) is 10.0. The fourth-order valence-corrected chi connectivity index (χ4v) is 3.86. The van der Waals surface area contributed by atoms with Gasteiger partial charge in [-0.05, 0) is 43.3 Å². The van der Waals surface area contributed by atoms with Gasteiger partial charge < -0.3 is 18.9 Å². The highest BCUT2D eigenvalue weighted by atomic mass is 35.5. The van der Waals surface area contributed by atoms with Crippen molar-refractivity contribution in [1.82, 2.24) is 14.8 Å². The predicted molar refractivity (Wildman–Crippen MR) is 123 cm³/mol. The minimum Gasteiger partial charge on any atom is -0.494 e. The standard InChI is InChI=1S/C22H24ClN3O4S/c1-6-30-17-9-7-16(8-10-17)26-21(24-25-22(26)31-13-14(2)23)15-11-18(27-3)20(29-5)19(12-15)28-4/h7-12H,2,6,13H2,1,3-5H3. The van der Waals surface area contributed by atoms with Gasteiger partial charge in [0, 0.05) is 22.0 Å². The molecule has 1 heterocycles. The number of hydrogen-bond acceptors (Lipinski definition) is 7. The minimum atomic E-state index is 0.506. The second-order valence-corrected chi connectivity index (χ2v) is 7.77. The molecule has 0 saturated heterocycles. The Hall–Kier alpha value is -2.84. The van der Waals surface area contributed by atoms with Gasteiger partial charge in [-0.25, -0.2) is 0 Å². The Bertz CT molecular complexity index is 1030. The maximum atomic E-state index is 5.98. The van der Waals surface area contributed by atoms with Gasteiger partial charge in [0.1, 0.15) is 5.75 Å². The van der Waals surface area contributed by atoms with Crippen molar-refractivity contribution in [1.29, 1.82) is 0 Å². The highest BCUT2D eigenvalue weighted by Gasteiger charge is 2.21. The van der Waals surface area contributed by atoms with Gasteiger partial charge >= 0.3 is 0 Å². The Morgan fingerprint density at radius 1 is 1.03 bits per heavy atom. The zero-order valence-electron chi connectivity index (χ0n) is 17.8. The third-order valence-electron chi connectivity index (χ3n) is 4.32. The summed E-state index contributed by atoms with van der Waals surface area (Å²) in [6, 6.07) is 11.4. The third-order valence-corrected chi connectivity index (χ3v) is 5.63. The average Bonchev–Trinajstić information content (AvgIpc) is 3.21. The molecule has 0 fully saturated rings. The molecule has 0 unspecified atom stereocenters. The molecular formula is C22H24ClN3O4S. The molecule has 164 valence electrons. The molecular weight excluding hydrogens is 438 g/mol. The Kier molecular flexibility index (Phi) is 7.70. The van der Waals surface area contributed by atoms with Crippen molar-refractivity contribution < 1.29 is 18.9 Å².